The van der Waals surface area contributed by atoms with Gasteiger partial charge in [0.05, 0.1) is 12.8 Å². The summed E-state index contributed by atoms with van der Waals surface area (Å²) in [7, 11) is 0. The van der Waals surface area contributed by atoms with Gasteiger partial charge < -0.3 is 14.9 Å². The van der Waals surface area contributed by atoms with E-state index in [4.69, 9.17) is 9.63 Å². The Balaban J connectivity index is 2.05. The quantitative estimate of drug-likeness (QED) is 0.848. The van der Waals surface area contributed by atoms with E-state index in [2.05, 4.69) is 10.5 Å². The lowest BCUT2D eigenvalue weighted by molar-refractivity contribution is -0.138. The van der Waals surface area contributed by atoms with Gasteiger partial charge in [0.1, 0.15) is 5.69 Å². The van der Waals surface area contributed by atoms with Gasteiger partial charge in [0.15, 0.2) is 5.58 Å². The monoisotopic (exact) mass is 290 g/mol. The normalized spacial score (nSPS) is 12.5. The van der Waals surface area contributed by atoms with Crippen LogP contribution in [0.2, 0.25) is 0 Å². The first-order valence-corrected chi connectivity index (χ1v) is 6.82. The molecule has 0 aliphatic carbocycles. The minimum atomic E-state index is -0.930. The lowest BCUT2D eigenvalue weighted by atomic mass is 10.0. The van der Waals surface area contributed by atoms with Crippen LogP contribution in [-0.4, -0.2) is 28.2 Å². The molecule has 0 fully saturated rings. The lowest BCUT2D eigenvalue weighted by Crippen LogP contribution is -2.40. The molecule has 0 radical (unpaired) electrons. The van der Waals surface area contributed by atoms with Crippen LogP contribution in [-0.2, 0) is 16.0 Å². The Kier molecular flexibility index (Phi) is 4.57. The van der Waals surface area contributed by atoms with Crippen LogP contribution < -0.4 is 5.32 Å². The van der Waals surface area contributed by atoms with Gasteiger partial charge in [-0.3, -0.25) is 9.59 Å². The SMILES string of the molecule is CC(C)C(CC(=O)O)NC(=O)Cc1noc2ccccc12. The highest BCUT2D eigenvalue weighted by molar-refractivity contribution is 5.86. The first kappa shape index (κ1) is 15.0. The summed E-state index contributed by atoms with van der Waals surface area (Å²) in [6.07, 6.45) is -0.0250. The van der Waals surface area contributed by atoms with Gasteiger partial charge in [-0.25, -0.2) is 0 Å². The van der Waals surface area contributed by atoms with Gasteiger partial charge in [0.25, 0.3) is 0 Å². The zero-order chi connectivity index (χ0) is 15.4. The Morgan fingerprint density at radius 3 is 2.71 bits per heavy atom. The summed E-state index contributed by atoms with van der Waals surface area (Å²) in [6.45, 7) is 3.75. The standard InChI is InChI=1S/C15H18N2O4/c1-9(2)11(8-15(19)20)16-14(18)7-12-10-5-3-4-6-13(10)21-17-12/h3-6,9,11H,7-8H2,1-2H3,(H,16,18)(H,19,20). The third-order valence-electron chi connectivity index (χ3n) is 3.33. The van der Waals surface area contributed by atoms with Crippen LogP contribution in [0, 0.1) is 5.92 Å². The molecule has 112 valence electrons. The van der Waals surface area contributed by atoms with Gasteiger partial charge in [-0.2, -0.15) is 0 Å². The van der Waals surface area contributed by atoms with Crippen LogP contribution in [0.5, 0.6) is 0 Å². The molecular weight excluding hydrogens is 272 g/mol. The third-order valence-corrected chi connectivity index (χ3v) is 3.33. The topological polar surface area (TPSA) is 92.4 Å². The van der Waals surface area contributed by atoms with E-state index in [-0.39, 0.29) is 24.7 Å². The minimum Gasteiger partial charge on any atom is -0.481 e. The Hall–Kier alpha value is -2.37. The molecule has 1 amide bonds. The molecule has 1 aromatic carbocycles. The van der Waals surface area contributed by atoms with Crippen LogP contribution in [0.3, 0.4) is 0 Å². The fraction of sp³-hybridized carbons (Fsp3) is 0.400. The maximum atomic E-state index is 12.1. The predicted molar refractivity (Wildman–Crippen MR) is 76.7 cm³/mol. The zero-order valence-electron chi connectivity index (χ0n) is 12.0. The fourth-order valence-electron chi connectivity index (χ4n) is 2.12. The van der Waals surface area contributed by atoms with Crippen LogP contribution >= 0.6 is 0 Å². The summed E-state index contributed by atoms with van der Waals surface area (Å²) in [5.41, 5.74) is 1.19. The summed E-state index contributed by atoms with van der Waals surface area (Å²) >= 11 is 0. The number of rotatable bonds is 6. The molecule has 21 heavy (non-hydrogen) atoms. The Morgan fingerprint density at radius 1 is 1.33 bits per heavy atom. The van der Waals surface area contributed by atoms with E-state index in [1.54, 1.807) is 6.07 Å². The summed E-state index contributed by atoms with van der Waals surface area (Å²) in [5.74, 6) is -1.14. The van der Waals surface area contributed by atoms with Gasteiger partial charge in [-0.1, -0.05) is 31.1 Å². The number of para-hydroxylation sites is 1. The average Bonchev–Trinajstić information content (AvgIpc) is 2.81. The van der Waals surface area contributed by atoms with Crippen molar-refractivity contribution in [3.8, 4) is 0 Å². The smallest absolute Gasteiger partial charge is 0.305 e. The molecule has 2 rings (SSSR count). The number of nitrogens with zero attached hydrogens (tertiary/aromatic N) is 1. The number of aliphatic carboxylic acids is 1. The minimum absolute atomic E-state index is 0.0408. The van der Waals surface area contributed by atoms with Crippen LogP contribution in [0.25, 0.3) is 11.0 Å². The molecule has 6 nitrogen and oxygen atoms in total. The number of fused-ring (bicyclic) bond motifs is 1. The maximum Gasteiger partial charge on any atom is 0.305 e. The second-order valence-corrected chi connectivity index (χ2v) is 5.32. The maximum absolute atomic E-state index is 12.1. The van der Waals surface area contributed by atoms with Crippen molar-refractivity contribution in [3.05, 3.63) is 30.0 Å². The molecule has 0 saturated carbocycles. The van der Waals surface area contributed by atoms with E-state index >= 15 is 0 Å². The number of hydrogen-bond donors (Lipinski definition) is 2. The molecule has 0 saturated heterocycles. The van der Waals surface area contributed by atoms with Crippen molar-refractivity contribution in [1.82, 2.24) is 10.5 Å². The molecular formula is C15H18N2O4. The number of benzene rings is 1. The van der Waals surface area contributed by atoms with Crippen molar-refractivity contribution in [2.45, 2.75) is 32.7 Å². The van der Waals surface area contributed by atoms with E-state index in [9.17, 15) is 9.59 Å². The second kappa shape index (κ2) is 6.39. The van der Waals surface area contributed by atoms with Gasteiger partial charge in [0, 0.05) is 11.4 Å². The Labute approximate surface area is 122 Å². The molecule has 0 aliphatic heterocycles. The number of amides is 1. The first-order valence-electron chi connectivity index (χ1n) is 6.82. The molecule has 0 spiro atoms. The van der Waals surface area contributed by atoms with Crippen LogP contribution in [0.4, 0.5) is 0 Å². The van der Waals surface area contributed by atoms with E-state index < -0.39 is 12.0 Å². The molecule has 0 bridgehead atoms. The highest BCUT2D eigenvalue weighted by atomic mass is 16.5. The number of hydrogen-bond acceptors (Lipinski definition) is 4. The van der Waals surface area contributed by atoms with E-state index in [1.165, 1.54) is 0 Å². The van der Waals surface area contributed by atoms with E-state index in [0.29, 0.717) is 11.3 Å². The molecule has 1 unspecified atom stereocenters. The number of aromatic nitrogens is 1. The van der Waals surface area contributed by atoms with E-state index in [1.807, 2.05) is 32.0 Å². The highest BCUT2D eigenvalue weighted by Crippen LogP contribution is 2.18. The molecule has 2 aromatic rings. The number of nitrogens with one attached hydrogen (secondary N) is 1. The number of carbonyl (C=O) groups is 2. The second-order valence-electron chi connectivity index (χ2n) is 5.32. The third kappa shape index (κ3) is 3.81. The predicted octanol–water partition coefficient (Wildman–Crippen LogP) is 1.99. The van der Waals surface area contributed by atoms with Crippen LogP contribution in [0.15, 0.2) is 28.8 Å². The fourth-order valence-corrected chi connectivity index (χ4v) is 2.12. The van der Waals surface area contributed by atoms with Gasteiger partial charge >= 0.3 is 5.97 Å². The first-order chi connectivity index (χ1) is 9.97. The Bertz CT molecular complexity index is 648. The zero-order valence-corrected chi connectivity index (χ0v) is 12.0. The highest BCUT2D eigenvalue weighted by Gasteiger charge is 2.20. The Morgan fingerprint density at radius 2 is 2.05 bits per heavy atom. The lowest BCUT2D eigenvalue weighted by Gasteiger charge is -2.20. The molecule has 1 atom stereocenters. The summed E-state index contributed by atoms with van der Waals surface area (Å²) in [6, 6.07) is 6.91. The number of carboxylic acids is 1. The van der Waals surface area contributed by atoms with Crippen molar-refractivity contribution in [3.63, 3.8) is 0 Å². The molecule has 1 heterocycles. The molecule has 6 heteroatoms. The van der Waals surface area contributed by atoms with Gasteiger partial charge in [0.2, 0.25) is 5.91 Å². The van der Waals surface area contributed by atoms with Gasteiger partial charge in [-0.15, -0.1) is 0 Å². The summed E-state index contributed by atoms with van der Waals surface area (Å²) in [5, 5.41) is 16.3. The van der Waals surface area contributed by atoms with Crippen molar-refractivity contribution >= 4 is 22.8 Å². The molecule has 1 aromatic heterocycles. The van der Waals surface area contributed by atoms with Crippen molar-refractivity contribution in [2.24, 2.45) is 5.92 Å². The van der Waals surface area contributed by atoms with E-state index in [0.717, 1.165) is 5.39 Å². The van der Waals surface area contributed by atoms with Crippen LogP contribution in [0.1, 0.15) is 26.0 Å². The van der Waals surface area contributed by atoms with Gasteiger partial charge in [-0.05, 0) is 18.1 Å². The largest absolute Gasteiger partial charge is 0.481 e. The number of carbonyl (C=O) groups excluding carboxylic acids is 1. The van der Waals surface area contributed by atoms with Crippen molar-refractivity contribution in [2.75, 3.05) is 0 Å². The molecule has 2 N–H and O–H groups in total. The molecule has 0 aliphatic rings. The number of carboxylic acid groups (broad SMARTS) is 1. The van der Waals surface area contributed by atoms with Crippen molar-refractivity contribution < 1.29 is 19.2 Å². The van der Waals surface area contributed by atoms with Crippen molar-refractivity contribution in [1.29, 1.82) is 0 Å². The summed E-state index contributed by atoms with van der Waals surface area (Å²) in [4.78, 5) is 22.9. The summed E-state index contributed by atoms with van der Waals surface area (Å²) < 4.78 is 5.14. The average molecular weight is 290 g/mol.